The molecule has 2 aromatic carbocycles. The van der Waals surface area contributed by atoms with Crippen molar-refractivity contribution in [2.75, 3.05) is 7.11 Å². The maximum Gasteiger partial charge on any atom is 0.268 e. The van der Waals surface area contributed by atoms with E-state index in [9.17, 15) is 9.59 Å². The van der Waals surface area contributed by atoms with E-state index in [0.717, 1.165) is 5.56 Å². The van der Waals surface area contributed by atoms with Crippen molar-refractivity contribution in [3.8, 4) is 11.5 Å². The van der Waals surface area contributed by atoms with Gasteiger partial charge in [0.1, 0.15) is 28.6 Å². The maximum absolute atomic E-state index is 13.3. The van der Waals surface area contributed by atoms with Crippen LogP contribution in [0.3, 0.4) is 0 Å². The van der Waals surface area contributed by atoms with Crippen LogP contribution in [0.5, 0.6) is 11.5 Å². The highest BCUT2D eigenvalue weighted by Gasteiger charge is 2.35. The highest BCUT2D eigenvalue weighted by Crippen LogP contribution is 2.41. The summed E-state index contributed by atoms with van der Waals surface area (Å²) in [4.78, 5) is 26.1. The van der Waals surface area contributed by atoms with E-state index < -0.39 is 11.5 Å². The average molecular weight is 447 g/mol. The predicted octanol–water partition coefficient (Wildman–Crippen LogP) is 4.48. The lowest BCUT2D eigenvalue weighted by molar-refractivity contribution is -0.119. The second kappa shape index (κ2) is 9.24. The molecule has 1 aromatic heterocycles. The summed E-state index contributed by atoms with van der Waals surface area (Å²) >= 11 is 0. The second-order valence-corrected chi connectivity index (χ2v) is 8.39. The van der Waals surface area contributed by atoms with Gasteiger partial charge in [0.15, 0.2) is 0 Å². The normalized spacial score (nSPS) is 16.8. The van der Waals surface area contributed by atoms with Gasteiger partial charge in [-0.3, -0.25) is 9.59 Å². The molecular formula is C26H26N2O5. The van der Waals surface area contributed by atoms with Crippen molar-refractivity contribution in [2.24, 2.45) is 0 Å². The number of carbonyl (C=O) groups excluding carboxylic acids is 2. The molecule has 0 bridgehead atoms. The fourth-order valence-corrected chi connectivity index (χ4v) is 3.78. The molecule has 1 aliphatic heterocycles. The number of fused-ring (bicyclic) bond motifs is 1. The van der Waals surface area contributed by atoms with Gasteiger partial charge in [-0.25, -0.2) is 0 Å². The Kier molecular flexibility index (Phi) is 6.22. The minimum atomic E-state index is -0.504. The Morgan fingerprint density at radius 3 is 2.58 bits per heavy atom. The summed E-state index contributed by atoms with van der Waals surface area (Å²) in [5.74, 6) is 0.956. The van der Waals surface area contributed by atoms with Gasteiger partial charge in [-0.1, -0.05) is 18.2 Å². The molecule has 0 aliphatic carbocycles. The molecule has 0 spiro atoms. The van der Waals surface area contributed by atoms with Crippen LogP contribution < -0.4 is 20.1 Å². The quantitative estimate of drug-likeness (QED) is 0.545. The third-order valence-corrected chi connectivity index (χ3v) is 5.34. The van der Waals surface area contributed by atoms with Crippen LogP contribution in [0, 0.1) is 0 Å². The first-order chi connectivity index (χ1) is 15.8. The first-order valence-corrected chi connectivity index (χ1v) is 10.6. The Morgan fingerprint density at radius 1 is 1.09 bits per heavy atom. The lowest BCUT2D eigenvalue weighted by atomic mass is 9.89. The fourth-order valence-electron chi connectivity index (χ4n) is 3.78. The van der Waals surface area contributed by atoms with Crippen molar-refractivity contribution in [1.82, 2.24) is 10.6 Å². The first kappa shape index (κ1) is 22.2. The van der Waals surface area contributed by atoms with Crippen LogP contribution >= 0.6 is 0 Å². The highest BCUT2D eigenvalue weighted by molar-refractivity contribution is 6.05. The molecule has 3 aromatic rings. The Hall–Kier alpha value is -4.00. The zero-order valence-corrected chi connectivity index (χ0v) is 18.8. The van der Waals surface area contributed by atoms with Crippen LogP contribution in [0.2, 0.25) is 0 Å². The van der Waals surface area contributed by atoms with E-state index in [1.807, 2.05) is 38.1 Å². The number of benzene rings is 2. The van der Waals surface area contributed by atoms with Gasteiger partial charge in [0.25, 0.3) is 11.8 Å². The van der Waals surface area contributed by atoms with E-state index in [0.29, 0.717) is 29.2 Å². The number of amides is 2. The molecule has 7 nitrogen and oxygen atoms in total. The number of rotatable bonds is 6. The van der Waals surface area contributed by atoms with Crippen molar-refractivity contribution >= 4 is 17.9 Å². The average Bonchev–Trinajstić information content (AvgIpc) is 3.31. The molecule has 170 valence electrons. The molecule has 2 amide bonds. The van der Waals surface area contributed by atoms with Gasteiger partial charge in [-0.15, -0.1) is 0 Å². The summed E-state index contributed by atoms with van der Waals surface area (Å²) in [6.45, 7) is 3.93. The number of hydrogen-bond donors (Lipinski definition) is 2. The van der Waals surface area contributed by atoms with Crippen molar-refractivity contribution < 1.29 is 23.5 Å². The van der Waals surface area contributed by atoms with Gasteiger partial charge >= 0.3 is 0 Å². The minimum Gasteiger partial charge on any atom is -0.497 e. The Balaban J connectivity index is 1.61. The molecule has 0 saturated carbocycles. The summed E-state index contributed by atoms with van der Waals surface area (Å²) in [5, 5.41) is 5.78. The van der Waals surface area contributed by atoms with Crippen LogP contribution in [0.4, 0.5) is 0 Å². The standard InChI is InChI=1S/C26H26N2O5/c1-26(2)16-22(20-12-11-18(31-3)15-23(20)33-26)28-25(30)21(14-19-10-7-13-32-19)27-24(29)17-8-5-4-6-9-17/h4-15,22H,16H2,1-3H3,(H,27,29)(H,28,30)/b21-14-/t22-/m1/s1. The lowest BCUT2D eigenvalue weighted by Gasteiger charge is -2.38. The zero-order valence-electron chi connectivity index (χ0n) is 18.8. The summed E-state index contributed by atoms with van der Waals surface area (Å²) in [6.07, 6.45) is 3.57. The summed E-state index contributed by atoms with van der Waals surface area (Å²) < 4.78 is 16.8. The fraction of sp³-hybridized carbons (Fsp3) is 0.231. The minimum absolute atomic E-state index is 0.0816. The van der Waals surface area contributed by atoms with Gasteiger partial charge in [0, 0.05) is 29.7 Å². The molecular weight excluding hydrogens is 420 g/mol. The van der Waals surface area contributed by atoms with E-state index in [4.69, 9.17) is 13.9 Å². The van der Waals surface area contributed by atoms with Crippen LogP contribution in [0.1, 0.15) is 48.0 Å². The maximum atomic E-state index is 13.3. The third kappa shape index (κ3) is 5.26. The van der Waals surface area contributed by atoms with E-state index in [-0.39, 0.29) is 17.6 Å². The SMILES string of the molecule is COc1ccc2c(c1)OC(C)(C)C[C@H]2NC(=O)/C(=C/c1ccco1)NC(=O)c1ccccc1. The smallest absolute Gasteiger partial charge is 0.268 e. The molecule has 0 radical (unpaired) electrons. The number of nitrogens with one attached hydrogen (secondary N) is 2. The molecule has 0 saturated heterocycles. The van der Waals surface area contributed by atoms with E-state index in [2.05, 4.69) is 10.6 Å². The molecule has 0 fully saturated rings. The van der Waals surface area contributed by atoms with Crippen molar-refractivity contribution in [2.45, 2.75) is 31.9 Å². The van der Waals surface area contributed by atoms with Gasteiger partial charge in [-0.05, 0) is 50.2 Å². The topological polar surface area (TPSA) is 89.8 Å². The molecule has 2 N–H and O–H groups in total. The van der Waals surface area contributed by atoms with Crippen molar-refractivity contribution in [3.63, 3.8) is 0 Å². The number of carbonyl (C=O) groups is 2. The zero-order chi connectivity index (χ0) is 23.4. The number of hydrogen-bond acceptors (Lipinski definition) is 5. The summed E-state index contributed by atoms with van der Waals surface area (Å²) in [7, 11) is 1.59. The molecule has 1 aliphatic rings. The van der Waals surface area contributed by atoms with E-state index in [1.165, 1.54) is 12.3 Å². The van der Waals surface area contributed by atoms with Gasteiger partial charge in [0.05, 0.1) is 19.4 Å². The van der Waals surface area contributed by atoms with Gasteiger partial charge < -0.3 is 24.5 Å². The summed E-state index contributed by atoms with van der Waals surface area (Å²) in [6, 6.07) is 17.3. The largest absolute Gasteiger partial charge is 0.497 e. The Labute approximate surface area is 192 Å². The van der Waals surface area contributed by atoms with E-state index >= 15 is 0 Å². The van der Waals surface area contributed by atoms with Crippen LogP contribution in [0.15, 0.2) is 77.0 Å². The van der Waals surface area contributed by atoms with Crippen molar-refractivity contribution in [3.05, 3.63) is 89.5 Å². The predicted molar refractivity (Wildman–Crippen MR) is 124 cm³/mol. The van der Waals surface area contributed by atoms with Crippen LogP contribution in [0.25, 0.3) is 6.08 Å². The molecule has 7 heteroatoms. The monoisotopic (exact) mass is 446 g/mol. The van der Waals surface area contributed by atoms with Crippen molar-refractivity contribution in [1.29, 1.82) is 0 Å². The van der Waals surface area contributed by atoms with E-state index in [1.54, 1.807) is 43.5 Å². The molecule has 0 unspecified atom stereocenters. The molecule has 1 atom stereocenters. The second-order valence-electron chi connectivity index (χ2n) is 8.39. The lowest BCUT2D eigenvalue weighted by Crippen LogP contribution is -2.43. The Morgan fingerprint density at radius 2 is 1.88 bits per heavy atom. The highest BCUT2D eigenvalue weighted by atomic mass is 16.5. The number of furan rings is 1. The number of ether oxygens (including phenoxy) is 2. The first-order valence-electron chi connectivity index (χ1n) is 10.6. The summed E-state index contributed by atoms with van der Waals surface area (Å²) in [5.41, 5.74) is 0.865. The molecule has 2 heterocycles. The van der Waals surface area contributed by atoms with Gasteiger partial charge in [0.2, 0.25) is 0 Å². The van der Waals surface area contributed by atoms with Crippen LogP contribution in [-0.2, 0) is 4.79 Å². The Bertz CT molecular complexity index is 1170. The third-order valence-electron chi connectivity index (χ3n) is 5.34. The molecule has 33 heavy (non-hydrogen) atoms. The van der Waals surface area contributed by atoms with Gasteiger partial charge in [-0.2, -0.15) is 0 Å². The number of methoxy groups -OCH3 is 1. The van der Waals surface area contributed by atoms with Crippen LogP contribution in [-0.4, -0.2) is 24.5 Å². The molecule has 4 rings (SSSR count).